The molecule has 0 radical (unpaired) electrons. The first-order chi connectivity index (χ1) is 9.04. The maximum Gasteiger partial charge on any atom is 0.226 e. The lowest BCUT2D eigenvalue weighted by Crippen LogP contribution is -2.28. The summed E-state index contributed by atoms with van der Waals surface area (Å²) in [7, 11) is 1.61. The van der Waals surface area contributed by atoms with Crippen molar-refractivity contribution in [2.45, 2.75) is 26.2 Å². The molecule has 0 heterocycles. The Labute approximate surface area is 114 Å². The first-order valence-corrected chi connectivity index (χ1v) is 6.38. The fourth-order valence-electron chi connectivity index (χ4n) is 1.59. The van der Waals surface area contributed by atoms with Gasteiger partial charge in [0.1, 0.15) is 12.3 Å². The number of hydrogen-bond acceptors (Lipinski definition) is 3. The van der Waals surface area contributed by atoms with Crippen molar-refractivity contribution in [3.8, 4) is 11.8 Å². The highest BCUT2D eigenvalue weighted by molar-refractivity contribution is 5.76. The van der Waals surface area contributed by atoms with Crippen molar-refractivity contribution in [3.05, 3.63) is 29.8 Å². The lowest BCUT2D eigenvalue weighted by Gasteiger charge is -2.13. The van der Waals surface area contributed by atoms with Crippen molar-refractivity contribution in [2.24, 2.45) is 0 Å². The van der Waals surface area contributed by atoms with Gasteiger partial charge in [-0.25, -0.2) is 0 Å². The Bertz CT molecular complexity index is 446. The van der Waals surface area contributed by atoms with E-state index in [2.05, 4.69) is 13.8 Å². The van der Waals surface area contributed by atoms with E-state index in [1.807, 2.05) is 30.3 Å². The number of hydrogen-bond donors (Lipinski definition) is 0. The quantitative estimate of drug-likeness (QED) is 0.739. The van der Waals surface area contributed by atoms with Gasteiger partial charge in [0, 0.05) is 7.05 Å². The van der Waals surface area contributed by atoms with E-state index in [0.717, 1.165) is 5.75 Å². The minimum Gasteiger partial charge on any atom is -0.493 e. The Morgan fingerprint density at radius 1 is 1.37 bits per heavy atom. The van der Waals surface area contributed by atoms with Gasteiger partial charge in [0.05, 0.1) is 19.1 Å². The molecule has 1 aromatic rings. The molecule has 0 fully saturated rings. The normalized spacial score (nSPS) is 10.1. The van der Waals surface area contributed by atoms with Gasteiger partial charge in [-0.1, -0.05) is 26.0 Å². The first kappa shape index (κ1) is 15.0. The van der Waals surface area contributed by atoms with Gasteiger partial charge in [-0.15, -0.1) is 0 Å². The number of benzene rings is 1. The Kier molecular flexibility index (Phi) is 5.87. The van der Waals surface area contributed by atoms with Crippen LogP contribution in [0, 0.1) is 11.3 Å². The van der Waals surface area contributed by atoms with Crippen LogP contribution in [-0.2, 0) is 4.79 Å². The molecule has 0 saturated carbocycles. The van der Waals surface area contributed by atoms with Gasteiger partial charge in [-0.2, -0.15) is 5.26 Å². The molecule has 0 saturated heterocycles. The Hall–Kier alpha value is -2.02. The topological polar surface area (TPSA) is 53.3 Å². The fourth-order valence-corrected chi connectivity index (χ4v) is 1.59. The van der Waals surface area contributed by atoms with Crippen molar-refractivity contribution in [1.29, 1.82) is 5.26 Å². The number of carbonyl (C=O) groups excluding carboxylic acids is 1. The molecule has 102 valence electrons. The molecule has 1 rings (SSSR count). The van der Waals surface area contributed by atoms with Crippen molar-refractivity contribution in [1.82, 2.24) is 4.90 Å². The van der Waals surface area contributed by atoms with Gasteiger partial charge >= 0.3 is 0 Å². The first-order valence-electron chi connectivity index (χ1n) is 6.38. The fraction of sp³-hybridized carbons (Fsp3) is 0.467. The predicted molar refractivity (Wildman–Crippen MR) is 73.9 cm³/mol. The Balaban J connectivity index is 2.37. The van der Waals surface area contributed by atoms with Crippen LogP contribution < -0.4 is 4.74 Å². The number of carbonyl (C=O) groups is 1. The molecule has 1 amide bonds. The summed E-state index contributed by atoms with van der Waals surface area (Å²) in [6.07, 6.45) is 0.282. The summed E-state index contributed by atoms with van der Waals surface area (Å²) in [5.74, 6) is 1.18. The number of rotatable bonds is 6. The van der Waals surface area contributed by atoms with Crippen LogP contribution in [0.15, 0.2) is 24.3 Å². The van der Waals surface area contributed by atoms with Crippen LogP contribution in [-0.4, -0.2) is 31.0 Å². The second-order valence-electron chi connectivity index (χ2n) is 4.73. The Morgan fingerprint density at radius 3 is 2.53 bits per heavy atom. The summed E-state index contributed by atoms with van der Waals surface area (Å²) in [6.45, 7) is 4.72. The SMILES string of the molecule is CC(C)c1ccc(OCCC(=O)N(C)CC#N)cc1. The highest BCUT2D eigenvalue weighted by Crippen LogP contribution is 2.18. The number of nitrogens with zero attached hydrogens (tertiary/aromatic N) is 2. The monoisotopic (exact) mass is 260 g/mol. The summed E-state index contributed by atoms with van der Waals surface area (Å²) < 4.78 is 5.51. The summed E-state index contributed by atoms with van der Waals surface area (Å²) in [5.41, 5.74) is 1.26. The van der Waals surface area contributed by atoms with Gasteiger partial charge < -0.3 is 9.64 Å². The summed E-state index contributed by atoms with van der Waals surface area (Å²) >= 11 is 0. The van der Waals surface area contributed by atoms with E-state index in [9.17, 15) is 4.79 Å². The van der Waals surface area contributed by atoms with Crippen LogP contribution >= 0.6 is 0 Å². The standard InChI is InChI=1S/C15H20N2O2/c1-12(2)13-4-6-14(7-5-13)19-11-8-15(18)17(3)10-9-16/h4-7,12H,8,10-11H2,1-3H3. The minimum absolute atomic E-state index is 0.0830. The van der Waals surface area contributed by atoms with Crippen LogP contribution in [0.1, 0.15) is 31.7 Å². The van der Waals surface area contributed by atoms with E-state index >= 15 is 0 Å². The molecular weight excluding hydrogens is 240 g/mol. The molecule has 0 aliphatic heterocycles. The van der Waals surface area contributed by atoms with E-state index in [-0.39, 0.29) is 18.9 Å². The third-order valence-electron chi connectivity index (χ3n) is 2.87. The van der Waals surface area contributed by atoms with Gasteiger partial charge in [0.2, 0.25) is 5.91 Å². The molecule has 0 aliphatic rings. The number of nitriles is 1. The average Bonchev–Trinajstić information content (AvgIpc) is 2.39. The zero-order valence-electron chi connectivity index (χ0n) is 11.7. The maximum atomic E-state index is 11.6. The molecule has 0 N–H and O–H groups in total. The average molecular weight is 260 g/mol. The summed E-state index contributed by atoms with van der Waals surface area (Å²) in [6, 6.07) is 9.83. The van der Waals surface area contributed by atoms with Gasteiger partial charge in [0.25, 0.3) is 0 Å². The van der Waals surface area contributed by atoms with E-state index in [1.54, 1.807) is 7.05 Å². The second kappa shape index (κ2) is 7.42. The van der Waals surface area contributed by atoms with E-state index in [1.165, 1.54) is 10.5 Å². The van der Waals surface area contributed by atoms with Crippen LogP contribution in [0.5, 0.6) is 5.75 Å². The third-order valence-corrected chi connectivity index (χ3v) is 2.87. The molecule has 0 aromatic heterocycles. The molecule has 0 spiro atoms. The van der Waals surface area contributed by atoms with Crippen LogP contribution in [0.25, 0.3) is 0 Å². The van der Waals surface area contributed by atoms with Gasteiger partial charge in [-0.3, -0.25) is 4.79 Å². The molecule has 0 bridgehead atoms. The van der Waals surface area contributed by atoms with E-state index in [4.69, 9.17) is 10.00 Å². The van der Waals surface area contributed by atoms with Crippen molar-refractivity contribution in [3.63, 3.8) is 0 Å². The second-order valence-corrected chi connectivity index (χ2v) is 4.73. The maximum absolute atomic E-state index is 11.6. The molecule has 0 atom stereocenters. The molecule has 1 aromatic carbocycles. The highest BCUT2D eigenvalue weighted by atomic mass is 16.5. The molecule has 19 heavy (non-hydrogen) atoms. The Morgan fingerprint density at radius 2 is 2.00 bits per heavy atom. The molecule has 4 nitrogen and oxygen atoms in total. The number of ether oxygens (including phenoxy) is 1. The van der Waals surface area contributed by atoms with Crippen molar-refractivity contribution >= 4 is 5.91 Å². The predicted octanol–water partition coefficient (Wildman–Crippen LogP) is 2.56. The zero-order chi connectivity index (χ0) is 14.3. The highest BCUT2D eigenvalue weighted by Gasteiger charge is 2.08. The van der Waals surface area contributed by atoms with Crippen LogP contribution in [0.2, 0.25) is 0 Å². The van der Waals surface area contributed by atoms with Crippen LogP contribution in [0.4, 0.5) is 0 Å². The summed E-state index contributed by atoms with van der Waals surface area (Å²) in [5, 5.41) is 8.48. The van der Waals surface area contributed by atoms with E-state index < -0.39 is 0 Å². The van der Waals surface area contributed by atoms with Crippen molar-refractivity contribution in [2.75, 3.05) is 20.2 Å². The third kappa shape index (κ3) is 5.01. The number of amides is 1. The van der Waals surface area contributed by atoms with Gasteiger partial charge in [0.15, 0.2) is 0 Å². The van der Waals surface area contributed by atoms with E-state index in [0.29, 0.717) is 12.5 Å². The van der Waals surface area contributed by atoms with Crippen LogP contribution in [0.3, 0.4) is 0 Å². The molecule has 0 unspecified atom stereocenters. The lowest BCUT2D eigenvalue weighted by atomic mass is 10.0. The lowest BCUT2D eigenvalue weighted by molar-refractivity contribution is -0.129. The zero-order valence-corrected chi connectivity index (χ0v) is 11.7. The minimum atomic E-state index is -0.0830. The molecule has 4 heteroatoms. The largest absolute Gasteiger partial charge is 0.493 e. The summed E-state index contributed by atoms with van der Waals surface area (Å²) in [4.78, 5) is 13.0. The smallest absolute Gasteiger partial charge is 0.226 e. The van der Waals surface area contributed by atoms with Crippen molar-refractivity contribution < 1.29 is 9.53 Å². The molecular formula is C15H20N2O2. The van der Waals surface area contributed by atoms with Gasteiger partial charge in [-0.05, 0) is 23.6 Å². The molecule has 0 aliphatic carbocycles.